The number of aromatic nitrogens is 6. The summed E-state index contributed by atoms with van der Waals surface area (Å²) in [6, 6.07) is 19.2. The molecular weight excluding hydrogens is 378 g/mol. The van der Waals surface area contributed by atoms with E-state index in [4.69, 9.17) is 6.57 Å². The number of rotatable bonds is 4. The molecule has 3 aromatic heterocycles. The van der Waals surface area contributed by atoms with Crippen molar-refractivity contribution in [3.8, 4) is 22.5 Å². The first-order chi connectivity index (χ1) is 14.7. The normalized spacial score (nSPS) is 11.3. The van der Waals surface area contributed by atoms with Crippen LogP contribution in [0.25, 0.3) is 33.0 Å². The number of nitrogens with one attached hydrogen (secondary N) is 1. The lowest BCUT2D eigenvalue weighted by Crippen LogP contribution is -2.29. The van der Waals surface area contributed by atoms with Gasteiger partial charge in [-0.3, -0.25) is 5.10 Å². The van der Waals surface area contributed by atoms with Gasteiger partial charge in [-0.2, -0.15) is 5.10 Å². The summed E-state index contributed by atoms with van der Waals surface area (Å²) in [6.07, 6.45) is 0. The molecule has 2 aromatic carbocycles. The standard InChI is InChI=1S/C21H14N9/c1-13-23-21-19(17(29-30(21)28-13)15-11-7-4-8-12-15)25-27-20-18(22-2)16(24-26-20)14-9-5-3-6-10-14/h3-12H,1H3,(H-,23,24,26,28)/q-1. The molecular formula is C21H14N9-. The molecule has 9 heteroatoms. The molecule has 5 aromatic rings. The molecule has 0 saturated carbocycles. The van der Waals surface area contributed by atoms with Crippen LogP contribution in [0.5, 0.6) is 0 Å². The second-order valence-electron chi connectivity index (χ2n) is 6.48. The number of nitrogens with zero attached hydrogens (tertiary/aromatic N) is 8. The van der Waals surface area contributed by atoms with Gasteiger partial charge in [0.25, 0.3) is 5.69 Å². The number of aryl methyl sites for hydroxylation is 1. The fraction of sp³-hybridized carbons (Fsp3) is 0.0476. The lowest BCUT2D eigenvalue weighted by molar-refractivity contribution is -0.647. The summed E-state index contributed by atoms with van der Waals surface area (Å²) in [5.74, 6) is 0.792. The topological polar surface area (TPSA) is 103 Å². The second kappa shape index (κ2) is 7.10. The van der Waals surface area contributed by atoms with E-state index in [0.29, 0.717) is 34.2 Å². The van der Waals surface area contributed by atoms with Gasteiger partial charge in [0.1, 0.15) is 0 Å². The Morgan fingerprint density at radius 2 is 1.67 bits per heavy atom. The molecule has 144 valence electrons. The highest BCUT2D eigenvalue weighted by Crippen LogP contribution is 2.38. The summed E-state index contributed by atoms with van der Waals surface area (Å²) in [7, 11) is 0. The van der Waals surface area contributed by atoms with Gasteiger partial charge in [-0.05, 0) is 18.1 Å². The van der Waals surface area contributed by atoms with Crippen molar-refractivity contribution >= 4 is 22.8 Å². The lowest BCUT2D eigenvalue weighted by Gasteiger charge is -2.06. The predicted octanol–water partition coefficient (Wildman–Crippen LogP) is 4.07. The molecule has 1 N–H and O–H groups in total. The van der Waals surface area contributed by atoms with Crippen molar-refractivity contribution in [2.75, 3.05) is 0 Å². The third-order valence-corrected chi connectivity index (χ3v) is 4.52. The van der Waals surface area contributed by atoms with E-state index in [1.165, 1.54) is 4.63 Å². The van der Waals surface area contributed by atoms with E-state index in [1.807, 2.05) is 60.7 Å². The van der Waals surface area contributed by atoms with Crippen molar-refractivity contribution in [1.82, 2.24) is 25.4 Å². The predicted molar refractivity (Wildman–Crippen MR) is 109 cm³/mol. The zero-order valence-corrected chi connectivity index (χ0v) is 15.9. The highest BCUT2D eigenvalue weighted by molar-refractivity contribution is 5.83. The average molecular weight is 392 g/mol. The summed E-state index contributed by atoms with van der Waals surface area (Å²) in [5, 5.41) is 24.5. The van der Waals surface area contributed by atoms with E-state index in [0.717, 1.165) is 11.1 Å². The quantitative estimate of drug-likeness (QED) is 0.283. The van der Waals surface area contributed by atoms with Crippen LogP contribution >= 0.6 is 0 Å². The largest absolute Gasteiger partial charge is 0.506 e. The molecule has 0 atom stereocenters. The molecule has 0 radical (unpaired) electrons. The van der Waals surface area contributed by atoms with E-state index < -0.39 is 0 Å². The monoisotopic (exact) mass is 392 g/mol. The minimum atomic E-state index is 0.207. The first-order valence-electron chi connectivity index (χ1n) is 9.13. The van der Waals surface area contributed by atoms with Crippen LogP contribution in [0.2, 0.25) is 0 Å². The number of hydrogen-bond donors (Lipinski definition) is 1. The molecule has 3 heterocycles. The van der Waals surface area contributed by atoms with Crippen LogP contribution in [-0.2, 0) is 0 Å². The van der Waals surface area contributed by atoms with Crippen LogP contribution in [0.1, 0.15) is 5.82 Å². The lowest BCUT2D eigenvalue weighted by atomic mass is 10.1. The van der Waals surface area contributed by atoms with Crippen molar-refractivity contribution in [3.63, 3.8) is 0 Å². The molecule has 0 fully saturated rings. The minimum absolute atomic E-state index is 0.207. The van der Waals surface area contributed by atoms with E-state index in [1.54, 1.807) is 6.92 Å². The molecule has 9 nitrogen and oxygen atoms in total. The number of benzene rings is 2. The first kappa shape index (κ1) is 17.5. The van der Waals surface area contributed by atoms with Gasteiger partial charge in [-0.1, -0.05) is 71.3 Å². The van der Waals surface area contributed by atoms with Crippen LogP contribution < -0.4 is 14.8 Å². The fourth-order valence-corrected chi connectivity index (χ4v) is 3.16. The third-order valence-electron chi connectivity index (χ3n) is 4.52. The van der Waals surface area contributed by atoms with Gasteiger partial charge >= 0.3 is 5.65 Å². The maximum absolute atomic E-state index is 7.58. The van der Waals surface area contributed by atoms with E-state index in [-0.39, 0.29) is 5.82 Å². The van der Waals surface area contributed by atoms with Gasteiger partial charge in [-0.25, -0.2) is 4.85 Å². The van der Waals surface area contributed by atoms with E-state index >= 15 is 0 Å². The van der Waals surface area contributed by atoms with Crippen molar-refractivity contribution in [3.05, 3.63) is 77.9 Å². The molecule has 0 aliphatic carbocycles. The van der Waals surface area contributed by atoms with Crippen LogP contribution in [0.15, 0.2) is 70.9 Å². The highest BCUT2D eigenvalue weighted by Gasteiger charge is 2.17. The first-order valence-corrected chi connectivity index (χ1v) is 9.13. The number of aromatic amines is 1. The van der Waals surface area contributed by atoms with Gasteiger partial charge in [0, 0.05) is 0 Å². The summed E-state index contributed by atoms with van der Waals surface area (Å²) in [6.45, 7) is 9.37. The van der Waals surface area contributed by atoms with Crippen LogP contribution in [0, 0.1) is 13.5 Å². The highest BCUT2D eigenvalue weighted by atomic mass is 15.5. The van der Waals surface area contributed by atoms with Crippen molar-refractivity contribution in [1.29, 1.82) is 0 Å². The number of H-pyrrole nitrogens is 1. The minimum Gasteiger partial charge on any atom is -0.506 e. The zero-order valence-electron chi connectivity index (χ0n) is 15.9. The van der Waals surface area contributed by atoms with Gasteiger partial charge in [0.2, 0.25) is 5.82 Å². The maximum Gasteiger partial charge on any atom is 0.325 e. The molecule has 0 saturated heterocycles. The Kier molecular flexibility index (Phi) is 4.15. The third kappa shape index (κ3) is 2.93. The fourth-order valence-electron chi connectivity index (χ4n) is 3.16. The molecule has 5 rings (SSSR count). The molecule has 0 aliphatic rings. The maximum atomic E-state index is 7.58. The Hall–Kier alpha value is -4.58. The van der Waals surface area contributed by atoms with Gasteiger partial charge in [0.05, 0.1) is 18.1 Å². The Morgan fingerprint density at radius 1 is 0.967 bits per heavy atom. The van der Waals surface area contributed by atoms with Crippen molar-refractivity contribution in [2.24, 2.45) is 10.2 Å². The molecule has 30 heavy (non-hydrogen) atoms. The van der Waals surface area contributed by atoms with E-state index in [2.05, 4.69) is 40.5 Å². The Bertz CT molecular complexity index is 1400. The average Bonchev–Trinajstić information content (AvgIpc) is 3.45. The van der Waals surface area contributed by atoms with Gasteiger partial charge < -0.3 is 14.8 Å². The Labute approximate surface area is 170 Å². The second-order valence-corrected chi connectivity index (χ2v) is 6.48. The zero-order chi connectivity index (χ0) is 20.5. The molecule has 0 aliphatic heterocycles. The molecule has 0 unspecified atom stereocenters. The number of azo groups is 1. The summed E-state index contributed by atoms with van der Waals surface area (Å²) < 4.78 is 1.45. The van der Waals surface area contributed by atoms with Crippen molar-refractivity contribution < 1.29 is 4.63 Å². The van der Waals surface area contributed by atoms with Crippen molar-refractivity contribution in [2.45, 2.75) is 6.92 Å². The molecule has 0 spiro atoms. The van der Waals surface area contributed by atoms with E-state index in [9.17, 15) is 0 Å². The van der Waals surface area contributed by atoms with Gasteiger partial charge in [0.15, 0.2) is 5.69 Å². The molecule has 0 amide bonds. The van der Waals surface area contributed by atoms with Crippen LogP contribution in [0.3, 0.4) is 0 Å². The van der Waals surface area contributed by atoms with Gasteiger partial charge in [-0.15, -0.1) is 10.2 Å². The number of fused-ring (bicyclic) bond motifs is 1. The molecule has 0 bridgehead atoms. The van der Waals surface area contributed by atoms with Crippen LogP contribution in [-0.4, -0.2) is 15.2 Å². The number of hydrogen-bond acceptors (Lipinski definition) is 4. The Balaban J connectivity index is 1.61. The smallest absolute Gasteiger partial charge is 0.325 e. The van der Waals surface area contributed by atoms with Crippen LogP contribution in [0.4, 0.5) is 17.2 Å². The summed E-state index contributed by atoms with van der Waals surface area (Å²) >= 11 is 0. The summed E-state index contributed by atoms with van der Waals surface area (Å²) in [5.41, 5.74) is 4.21. The summed E-state index contributed by atoms with van der Waals surface area (Å²) in [4.78, 5) is 8.02. The SMILES string of the molecule is [C-]#[N+]c1c(N=Nc2c(-c3ccccc3)[n-][n+]3[n-]c(C)nc23)n[nH]c1-c1ccccc1. The Morgan fingerprint density at radius 3 is 2.37 bits per heavy atom.